The number of anilines is 1. The Hall–Kier alpha value is -2.81. The lowest BCUT2D eigenvalue weighted by atomic mass is 10.2. The van der Waals surface area contributed by atoms with Crippen LogP contribution in [0.1, 0.15) is 0 Å². The average molecular weight is 259 g/mol. The number of nitrogen functional groups attached to an aromatic ring is 1. The summed E-state index contributed by atoms with van der Waals surface area (Å²) in [6, 6.07) is 18.4. The summed E-state index contributed by atoms with van der Waals surface area (Å²) < 4.78 is 2.24. The van der Waals surface area contributed by atoms with Gasteiger partial charge in [0, 0.05) is 34.5 Å². The van der Waals surface area contributed by atoms with Gasteiger partial charge >= 0.3 is 0 Å². The van der Waals surface area contributed by atoms with Crippen LogP contribution in [0.2, 0.25) is 0 Å². The third kappa shape index (κ3) is 1.50. The fraction of sp³-hybridized carbons (Fsp3) is 0. The van der Waals surface area contributed by atoms with Crippen molar-refractivity contribution in [3.8, 4) is 5.69 Å². The van der Waals surface area contributed by atoms with Crippen molar-refractivity contribution in [3.63, 3.8) is 0 Å². The summed E-state index contributed by atoms with van der Waals surface area (Å²) >= 11 is 0. The van der Waals surface area contributed by atoms with Gasteiger partial charge < -0.3 is 10.3 Å². The second-order valence-corrected chi connectivity index (χ2v) is 4.84. The zero-order chi connectivity index (χ0) is 13.5. The van der Waals surface area contributed by atoms with Crippen LogP contribution >= 0.6 is 0 Å². The van der Waals surface area contributed by atoms with E-state index in [0.717, 1.165) is 33.2 Å². The Morgan fingerprint density at radius 2 is 1.65 bits per heavy atom. The summed E-state index contributed by atoms with van der Waals surface area (Å²) in [5.41, 5.74) is 10.1. The lowest BCUT2D eigenvalue weighted by molar-refractivity contribution is 1.17. The first-order valence-corrected chi connectivity index (χ1v) is 6.54. The summed E-state index contributed by atoms with van der Waals surface area (Å²) in [5.74, 6) is 0. The summed E-state index contributed by atoms with van der Waals surface area (Å²) in [7, 11) is 0. The van der Waals surface area contributed by atoms with E-state index in [1.54, 1.807) is 0 Å². The van der Waals surface area contributed by atoms with Crippen LogP contribution in [-0.4, -0.2) is 9.55 Å². The van der Waals surface area contributed by atoms with Gasteiger partial charge in [0.05, 0.1) is 11.0 Å². The molecule has 0 aliphatic heterocycles. The lowest BCUT2D eigenvalue weighted by Crippen LogP contribution is -1.93. The van der Waals surface area contributed by atoms with Crippen LogP contribution in [0.5, 0.6) is 0 Å². The Kier molecular flexibility index (Phi) is 2.27. The molecule has 0 atom stereocenters. The Morgan fingerprint density at radius 3 is 2.50 bits per heavy atom. The van der Waals surface area contributed by atoms with E-state index in [2.05, 4.69) is 27.8 Å². The number of rotatable bonds is 1. The SMILES string of the molecule is Nc1ccc2c(c1)c1cnccc1n2-c1ccccc1. The van der Waals surface area contributed by atoms with Gasteiger partial charge in [0.1, 0.15) is 0 Å². The highest BCUT2D eigenvalue weighted by Gasteiger charge is 2.11. The quantitative estimate of drug-likeness (QED) is 0.529. The molecule has 0 unspecified atom stereocenters. The van der Waals surface area contributed by atoms with E-state index in [4.69, 9.17) is 5.73 Å². The van der Waals surface area contributed by atoms with Crippen molar-refractivity contribution in [3.05, 3.63) is 67.0 Å². The number of benzene rings is 2. The molecule has 0 radical (unpaired) electrons. The topological polar surface area (TPSA) is 43.8 Å². The van der Waals surface area contributed by atoms with Gasteiger partial charge in [-0.25, -0.2) is 0 Å². The number of fused-ring (bicyclic) bond motifs is 3. The second kappa shape index (κ2) is 4.10. The zero-order valence-electron chi connectivity index (χ0n) is 10.8. The number of nitrogens with zero attached hydrogens (tertiary/aromatic N) is 2. The van der Waals surface area contributed by atoms with Crippen LogP contribution in [-0.2, 0) is 0 Å². The van der Waals surface area contributed by atoms with Gasteiger partial charge in [-0.1, -0.05) is 18.2 Å². The summed E-state index contributed by atoms with van der Waals surface area (Å²) in [6.45, 7) is 0. The molecular weight excluding hydrogens is 246 g/mol. The van der Waals surface area contributed by atoms with E-state index in [0.29, 0.717) is 0 Å². The normalized spacial score (nSPS) is 11.2. The van der Waals surface area contributed by atoms with Crippen molar-refractivity contribution in [2.45, 2.75) is 0 Å². The molecule has 0 fully saturated rings. The second-order valence-electron chi connectivity index (χ2n) is 4.84. The largest absolute Gasteiger partial charge is 0.399 e. The molecule has 2 N–H and O–H groups in total. The predicted octanol–water partition coefficient (Wildman–Crippen LogP) is 3.76. The zero-order valence-corrected chi connectivity index (χ0v) is 10.8. The maximum atomic E-state index is 5.93. The minimum Gasteiger partial charge on any atom is -0.399 e. The molecule has 2 heterocycles. The van der Waals surface area contributed by atoms with E-state index in [-0.39, 0.29) is 0 Å². The summed E-state index contributed by atoms with van der Waals surface area (Å²) in [4.78, 5) is 4.25. The highest BCUT2D eigenvalue weighted by atomic mass is 15.0. The minimum atomic E-state index is 0.772. The van der Waals surface area contributed by atoms with Gasteiger partial charge in [-0.15, -0.1) is 0 Å². The number of aromatic nitrogens is 2. The van der Waals surface area contributed by atoms with Gasteiger partial charge in [0.15, 0.2) is 0 Å². The first-order chi connectivity index (χ1) is 9.84. The number of pyridine rings is 1. The van der Waals surface area contributed by atoms with Gasteiger partial charge in [0.2, 0.25) is 0 Å². The molecule has 20 heavy (non-hydrogen) atoms. The van der Waals surface area contributed by atoms with Crippen molar-refractivity contribution < 1.29 is 0 Å². The molecule has 3 heteroatoms. The Bertz CT molecular complexity index is 907. The van der Waals surface area contributed by atoms with Crippen molar-refractivity contribution >= 4 is 27.5 Å². The minimum absolute atomic E-state index is 0.772. The molecule has 4 aromatic rings. The van der Waals surface area contributed by atoms with E-state index in [1.165, 1.54) is 0 Å². The fourth-order valence-corrected chi connectivity index (χ4v) is 2.74. The summed E-state index contributed by atoms with van der Waals surface area (Å²) in [6.07, 6.45) is 3.72. The standard InChI is InChI=1S/C17H13N3/c18-12-6-7-16-14(10-12)15-11-19-9-8-17(15)20(16)13-4-2-1-3-5-13/h1-11H,18H2. The molecule has 4 rings (SSSR count). The highest BCUT2D eigenvalue weighted by molar-refractivity contribution is 6.09. The first kappa shape index (κ1) is 11.1. The van der Waals surface area contributed by atoms with E-state index < -0.39 is 0 Å². The molecular formula is C17H13N3. The van der Waals surface area contributed by atoms with Crippen LogP contribution in [0.15, 0.2) is 67.0 Å². The van der Waals surface area contributed by atoms with Gasteiger partial charge in [-0.3, -0.25) is 4.98 Å². The molecule has 0 saturated carbocycles. The highest BCUT2D eigenvalue weighted by Crippen LogP contribution is 2.32. The number of hydrogen-bond donors (Lipinski definition) is 1. The van der Waals surface area contributed by atoms with Crippen LogP contribution in [0.4, 0.5) is 5.69 Å². The van der Waals surface area contributed by atoms with Crippen molar-refractivity contribution in [1.29, 1.82) is 0 Å². The number of para-hydroxylation sites is 1. The number of hydrogen-bond acceptors (Lipinski definition) is 2. The smallest absolute Gasteiger partial charge is 0.0571 e. The molecule has 0 aliphatic carbocycles. The monoisotopic (exact) mass is 259 g/mol. The van der Waals surface area contributed by atoms with Crippen LogP contribution in [0.3, 0.4) is 0 Å². The molecule has 0 amide bonds. The fourth-order valence-electron chi connectivity index (χ4n) is 2.74. The molecule has 0 saturated heterocycles. The molecule has 2 aromatic carbocycles. The van der Waals surface area contributed by atoms with E-state index in [9.17, 15) is 0 Å². The molecule has 96 valence electrons. The number of nitrogens with two attached hydrogens (primary N) is 1. The maximum absolute atomic E-state index is 5.93. The average Bonchev–Trinajstić information content (AvgIpc) is 2.82. The van der Waals surface area contributed by atoms with E-state index >= 15 is 0 Å². The Morgan fingerprint density at radius 1 is 0.850 bits per heavy atom. The third-order valence-corrected chi connectivity index (χ3v) is 3.61. The van der Waals surface area contributed by atoms with Gasteiger partial charge in [-0.2, -0.15) is 0 Å². The molecule has 2 aromatic heterocycles. The molecule has 0 aliphatic rings. The third-order valence-electron chi connectivity index (χ3n) is 3.61. The van der Waals surface area contributed by atoms with Crippen LogP contribution < -0.4 is 5.73 Å². The van der Waals surface area contributed by atoms with Crippen molar-refractivity contribution in [1.82, 2.24) is 9.55 Å². The molecule has 3 nitrogen and oxygen atoms in total. The summed E-state index contributed by atoms with van der Waals surface area (Å²) in [5, 5.41) is 2.26. The van der Waals surface area contributed by atoms with Crippen molar-refractivity contribution in [2.24, 2.45) is 0 Å². The van der Waals surface area contributed by atoms with Crippen LogP contribution in [0, 0.1) is 0 Å². The maximum Gasteiger partial charge on any atom is 0.0571 e. The van der Waals surface area contributed by atoms with Gasteiger partial charge in [-0.05, 0) is 36.4 Å². The Balaban J connectivity index is 2.22. The molecule has 0 spiro atoms. The lowest BCUT2D eigenvalue weighted by Gasteiger charge is -2.07. The van der Waals surface area contributed by atoms with Crippen LogP contribution in [0.25, 0.3) is 27.5 Å². The van der Waals surface area contributed by atoms with Crippen molar-refractivity contribution in [2.75, 3.05) is 5.73 Å². The van der Waals surface area contributed by atoms with E-state index in [1.807, 2.05) is 48.8 Å². The predicted molar refractivity (Wildman–Crippen MR) is 83.0 cm³/mol. The van der Waals surface area contributed by atoms with Gasteiger partial charge in [0.25, 0.3) is 0 Å². The first-order valence-electron chi connectivity index (χ1n) is 6.54. The molecule has 0 bridgehead atoms. The Labute approximate surface area is 116 Å².